The third-order valence-corrected chi connectivity index (χ3v) is 3.65. The third kappa shape index (κ3) is 2.84. The first-order chi connectivity index (χ1) is 8.16. The van der Waals surface area contributed by atoms with Gasteiger partial charge >= 0.3 is 5.97 Å². The number of nitrogens with one attached hydrogen (secondary N) is 1. The fourth-order valence-corrected chi connectivity index (χ4v) is 1.87. The molecule has 3 heteroatoms. The fraction of sp³-hybridized carbons (Fsp3) is 0.533. The van der Waals surface area contributed by atoms with Crippen molar-refractivity contribution in [3.05, 3.63) is 28.3 Å². The van der Waals surface area contributed by atoms with E-state index in [1.54, 1.807) is 13.8 Å². The maximum atomic E-state index is 11.1. The van der Waals surface area contributed by atoms with Crippen LogP contribution in [0.4, 0.5) is 5.69 Å². The minimum absolute atomic E-state index is 0.424. The summed E-state index contributed by atoms with van der Waals surface area (Å²) in [5.74, 6) is -0.783. The van der Waals surface area contributed by atoms with Crippen molar-refractivity contribution >= 4 is 11.7 Å². The Morgan fingerprint density at radius 3 is 2.00 bits per heavy atom. The Hall–Kier alpha value is -1.51. The predicted molar refractivity (Wildman–Crippen MR) is 75.3 cm³/mol. The summed E-state index contributed by atoms with van der Waals surface area (Å²) in [7, 11) is 0. The summed E-state index contributed by atoms with van der Waals surface area (Å²) in [5, 5.41) is 12.4. The average Bonchev–Trinajstić information content (AvgIpc) is 2.26. The van der Waals surface area contributed by atoms with E-state index in [0.29, 0.717) is 6.54 Å². The first-order valence-electron chi connectivity index (χ1n) is 6.21. The molecule has 1 aromatic rings. The molecule has 0 amide bonds. The SMILES string of the molecule is Cc1cc(C)c(C)c(NCC(C)(C)C(=O)O)c1C. The quantitative estimate of drug-likeness (QED) is 0.859. The zero-order valence-electron chi connectivity index (χ0n) is 12.1. The molecule has 0 fully saturated rings. The van der Waals surface area contributed by atoms with Crippen molar-refractivity contribution in [2.45, 2.75) is 41.5 Å². The van der Waals surface area contributed by atoms with Gasteiger partial charge in [-0.05, 0) is 63.8 Å². The van der Waals surface area contributed by atoms with Crippen LogP contribution in [0.25, 0.3) is 0 Å². The largest absolute Gasteiger partial charge is 0.481 e. The molecule has 0 aliphatic heterocycles. The van der Waals surface area contributed by atoms with Gasteiger partial charge in [0.2, 0.25) is 0 Å². The normalized spacial score (nSPS) is 11.4. The summed E-state index contributed by atoms with van der Waals surface area (Å²) in [6.45, 7) is 12.2. The van der Waals surface area contributed by atoms with Gasteiger partial charge in [-0.2, -0.15) is 0 Å². The highest BCUT2D eigenvalue weighted by atomic mass is 16.4. The molecule has 0 saturated heterocycles. The summed E-state index contributed by atoms with van der Waals surface area (Å²) in [6.07, 6.45) is 0. The van der Waals surface area contributed by atoms with Crippen LogP contribution in [0.3, 0.4) is 0 Å². The number of rotatable bonds is 4. The van der Waals surface area contributed by atoms with Crippen molar-refractivity contribution in [2.24, 2.45) is 5.41 Å². The number of aryl methyl sites for hydroxylation is 2. The second-order valence-corrected chi connectivity index (χ2v) is 5.68. The molecule has 1 aromatic carbocycles. The third-order valence-electron chi connectivity index (χ3n) is 3.65. The maximum absolute atomic E-state index is 11.1. The van der Waals surface area contributed by atoms with E-state index in [2.05, 4.69) is 39.1 Å². The highest BCUT2D eigenvalue weighted by Crippen LogP contribution is 2.28. The van der Waals surface area contributed by atoms with Gasteiger partial charge in [-0.25, -0.2) is 0 Å². The van der Waals surface area contributed by atoms with E-state index in [0.717, 1.165) is 5.69 Å². The highest BCUT2D eigenvalue weighted by Gasteiger charge is 2.27. The van der Waals surface area contributed by atoms with Gasteiger partial charge in [-0.1, -0.05) is 6.07 Å². The van der Waals surface area contributed by atoms with Crippen LogP contribution in [-0.4, -0.2) is 17.6 Å². The number of carboxylic acids is 1. The van der Waals surface area contributed by atoms with Crippen molar-refractivity contribution < 1.29 is 9.90 Å². The topological polar surface area (TPSA) is 49.3 Å². The molecule has 1 rings (SSSR count). The van der Waals surface area contributed by atoms with E-state index < -0.39 is 11.4 Å². The Morgan fingerprint density at radius 2 is 1.61 bits per heavy atom. The number of carbonyl (C=O) groups is 1. The molecule has 0 aromatic heterocycles. The monoisotopic (exact) mass is 249 g/mol. The average molecular weight is 249 g/mol. The number of anilines is 1. The predicted octanol–water partition coefficient (Wildman–Crippen LogP) is 3.44. The molecule has 0 radical (unpaired) electrons. The second kappa shape index (κ2) is 5.01. The Labute approximate surface area is 109 Å². The Kier molecular flexibility index (Phi) is 4.05. The van der Waals surface area contributed by atoms with Gasteiger partial charge in [0, 0.05) is 12.2 Å². The van der Waals surface area contributed by atoms with Gasteiger partial charge in [-0.3, -0.25) is 4.79 Å². The van der Waals surface area contributed by atoms with Crippen molar-refractivity contribution in [1.82, 2.24) is 0 Å². The van der Waals surface area contributed by atoms with E-state index in [-0.39, 0.29) is 0 Å². The summed E-state index contributed by atoms with van der Waals surface area (Å²) in [5.41, 5.74) is 5.15. The van der Waals surface area contributed by atoms with Crippen LogP contribution < -0.4 is 5.32 Å². The van der Waals surface area contributed by atoms with Crippen molar-refractivity contribution in [3.63, 3.8) is 0 Å². The molecule has 100 valence electrons. The van der Waals surface area contributed by atoms with Crippen molar-refractivity contribution in [3.8, 4) is 0 Å². The first-order valence-corrected chi connectivity index (χ1v) is 6.21. The Morgan fingerprint density at radius 1 is 1.17 bits per heavy atom. The van der Waals surface area contributed by atoms with Gasteiger partial charge in [0.25, 0.3) is 0 Å². The van der Waals surface area contributed by atoms with Crippen LogP contribution in [-0.2, 0) is 4.79 Å². The van der Waals surface area contributed by atoms with Crippen LogP contribution >= 0.6 is 0 Å². The molecule has 0 atom stereocenters. The molecule has 0 aliphatic rings. The molecule has 3 nitrogen and oxygen atoms in total. The summed E-state index contributed by atoms with van der Waals surface area (Å²) < 4.78 is 0. The lowest BCUT2D eigenvalue weighted by atomic mass is 9.92. The van der Waals surface area contributed by atoms with Crippen LogP contribution in [0, 0.1) is 33.1 Å². The summed E-state index contributed by atoms with van der Waals surface area (Å²) in [4.78, 5) is 11.1. The van der Waals surface area contributed by atoms with Crippen LogP contribution in [0.5, 0.6) is 0 Å². The van der Waals surface area contributed by atoms with Gasteiger partial charge in [0.15, 0.2) is 0 Å². The van der Waals surface area contributed by atoms with E-state index in [1.807, 2.05) is 0 Å². The minimum Gasteiger partial charge on any atom is -0.481 e. The zero-order chi connectivity index (χ0) is 14.1. The van der Waals surface area contributed by atoms with Crippen LogP contribution in [0.1, 0.15) is 36.1 Å². The van der Waals surface area contributed by atoms with Crippen LogP contribution in [0.15, 0.2) is 6.07 Å². The molecule has 0 bridgehead atoms. The Balaban J connectivity index is 3.02. The standard InChI is InChI=1S/C15H23NO2/c1-9-7-10(2)12(4)13(11(9)3)16-8-15(5,6)14(17)18/h7,16H,8H2,1-6H3,(H,17,18). The first kappa shape index (κ1) is 14.6. The van der Waals surface area contributed by atoms with Gasteiger partial charge in [-0.15, -0.1) is 0 Å². The van der Waals surface area contributed by atoms with Crippen LogP contribution in [0.2, 0.25) is 0 Å². The van der Waals surface area contributed by atoms with Gasteiger partial charge in [0.05, 0.1) is 5.41 Å². The fourth-order valence-electron chi connectivity index (χ4n) is 1.87. The molecular weight excluding hydrogens is 226 g/mol. The minimum atomic E-state index is -0.783. The molecule has 18 heavy (non-hydrogen) atoms. The van der Waals surface area contributed by atoms with E-state index >= 15 is 0 Å². The molecule has 0 aliphatic carbocycles. The van der Waals surface area contributed by atoms with Crippen molar-refractivity contribution in [1.29, 1.82) is 0 Å². The Bertz CT molecular complexity index is 450. The van der Waals surface area contributed by atoms with E-state index in [4.69, 9.17) is 5.11 Å². The summed E-state index contributed by atoms with van der Waals surface area (Å²) >= 11 is 0. The number of carboxylic acid groups (broad SMARTS) is 1. The molecular formula is C15H23NO2. The maximum Gasteiger partial charge on any atom is 0.310 e. The molecule has 0 heterocycles. The number of benzene rings is 1. The molecule has 0 saturated carbocycles. The number of aliphatic carboxylic acids is 1. The lowest BCUT2D eigenvalue weighted by molar-refractivity contribution is -0.146. The second-order valence-electron chi connectivity index (χ2n) is 5.68. The molecule has 2 N–H and O–H groups in total. The lowest BCUT2D eigenvalue weighted by Gasteiger charge is -2.23. The number of hydrogen-bond acceptors (Lipinski definition) is 2. The summed E-state index contributed by atoms with van der Waals surface area (Å²) in [6, 6.07) is 2.16. The highest BCUT2D eigenvalue weighted by molar-refractivity contribution is 5.75. The number of hydrogen-bond donors (Lipinski definition) is 2. The van der Waals surface area contributed by atoms with Crippen molar-refractivity contribution in [2.75, 3.05) is 11.9 Å². The van der Waals surface area contributed by atoms with E-state index in [1.165, 1.54) is 22.3 Å². The smallest absolute Gasteiger partial charge is 0.310 e. The van der Waals surface area contributed by atoms with E-state index in [9.17, 15) is 4.79 Å². The van der Waals surface area contributed by atoms with Gasteiger partial charge < -0.3 is 10.4 Å². The van der Waals surface area contributed by atoms with Gasteiger partial charge in [0.1, 0.15) is 0 Å². The zero-order valence-corrected chi connectivity index (χ0v) is 12.1. The lowest BCUT2D eigenvalue weighted by Crippen LogP contribution is -2.32. The molecule has 0 spiro atoms. The molecule has 0 unspecified atom stereocenters.